The van der Waals surface area contributed by atoms with Gasteiger partial charge in [-0.1, -0.05) is 18.2 Å². The van der Waals surface area contributed by atoms with E-state index >= 15 is 0 Å². The van der Waals surface area contributed by atoms with Gasteiger partial charge in [-0.2, -0.15) is 0 Å². The number of rotatable bonds is 4. The first kappa shape index (κ1) is 16.8. The molecule has 1 fully saturated rings. The second kappa shape index (κ2) is 6.61. The highest BCUT2D eigenvalue weighted by Crippen LogP contribution is 2.30. The van der Waals surface area contributed by atoms with Crippen molar-refractivity contribution >= 4 is 27.7 Å². The number of carbonyl (C=O) groups is 1. The molecule has 0 spiro atoms. The van der Waals surface area contributed by atoms with Gasteiger partial charge in [0.25, 0.3) is 11.5 Å². The molecule has 1 aliphatic rings. The third-order valence-corrected chi connectivity index (χ3v) is 5.28. The first-order valence-corrected chi connectivity index (χ1v) is 9.02. The number of pyridine rings is 1. The number of benzene rings is 1. The van der Waals surface area contributed by atoms with Crippen LogP contribution in [0.15, 0.2) is 35.3 Å². The van der Waals surface area contributed by atoms with Gasteiger partial charge in [0.05, 0.1) is 12.2 Å². The molecule has 0 unspecified atom stereocenters. The molecule has 0 atom stereocenters. The Morgan fingerprint density at radius 1 is 1.19 bits per heavy atom. The summed E-state index contributed by atoms with van der Waals surface area (Å²) in [7, 11) is 3.49. The number of ether oxygens (including phenoxy) is 1. The number of hydrogen-bond donors (Lipinski definition) is 0. The molecule has 1 saturated heterocycles. The predicted molar refractivity (Wildman–Crippen MR) is 102 cm³/mol. The van der Waals surface area contributed by atoms with Gasteiger partial charge in [0.15, 0.2) is 0 Å². The molecule has 2 aromatic heterocycles. The van der Waals surface area contributed by atoms with Crippen molar-refractivity contribution in [2.75, 3.05) is 26.8 Å². The van der Waals surface area contributed by atoms with Crippen LogP contribution in [-0.4, -0.2) is 46.7 Å². The van der Waals surface area contributed by atoms with Crippen LogP contribution in [0.5, 0.6) is 0 Å². The minimum absolute atomic E-state index is 0.00928. The van der Waals surface area contributed by atoms with Gasteiger partial charge < -0.3 is 18.8 Å². The summed E-state index contributed by atoms with van der Waals surface area (Å²) in [5.41, 5.74) is 2.05. The number of nitrogens with zero attached hydrogens (tertiary/aromatic N) is 3. The minimum atomic E-state index is -0.0891. The Bertz CT molecular complexity index is 1040. The summed E-state index contributed by atoms with van der Waals surface area (Å²) >= 11 is 0. The van der Waals surface area contributed by atoms with Crippen LogP contribution in [0.2, 0.25) is 0 Å². The van der Waals surface area contributed by atoms with Crippen LogP contribution in [0.25, 0.3) is 21.8 Å². The molecule has 3 aromatic rings. The second-order valence-electron chi connectivity index (χ2n) is 6.83. The lowest BCUT2D eigenvalue weighted by molar-refractivity contribution is 0.0793. The van der Waals surface area contributed by atoms with E-state index in [9.17, 15) is 9.59 Å². The fourth-order valence-electron chi connectivity index (χ4n) is 3.94. The van der Waals surface area contributed by atoms with Crippen molar-refractivity contribution in [2.24, 2.45) is 7.05 Å². The van der Waals surface area contributed by atoms with Crippen LogP contribution in [-0.2, 0) is 18.3 Å². The van der Waals surface area contributed by atoms with Gasteiger partial charge in [-0.25, -0.2) is 0 Å². The fraction of sp³-hybridized carbons (Fsp3) is 0.400. The van der Waals surface area contributed by atoms with E-state index in [4.69, 9.17) is 4.74 Å². The molecular weight excluding hydrogens is 330 g/mol. The molecule has 6 heteroatoms. The molecule has 1 aliphatic heterocycles. The van der Waals surface area contributed by atoms with Gasteiger partial charge in [-0.05, 0) is 18.9 Å². The molecule has 0 radical (unpaired) electrons. The zero-order chi connectivity index (χ0) is 18.3. The highest BCUT2D eigenvalue weighted by atomic mass is 16.5. The Hall–Kier alpha value is -2.60. The number of carbonyl (C=O) groups excluding carboxylic acids is 1. The lowest BCUT2D eigenvalue weighted by atomic mass is 10.1. The second-order valence-corrected chi connectivity index (χ2v) is 6.83. The quantitative estimate of drug-likeness (QED) is 0.724. The Morgan fingerprint density at radius 2 is 1.92 bits per heavy atom. The van der Waals surface area contributed by atoms with Gasteiger partial charge in [0.1, 0.15) is 5.52 Å². The van der Waals surface area contributed by atoms with Gasteiger partial charge in [-0.3, -0.25) is 9.59 Å². The van der Waals surface area contributed by atoms with Crippen molar-refractivity contribution in [2.45, 2.75) is 19.4 Å². The zero-order valence-electron chi connectivity index (χ0n) is 15.2. The summed E-state index contributed by atoms with van der Waals surface area (Å²) in [4.78, 5) is 28.2. The maximum absolute atomic E-state index is 13.2. The van der Waals surface area contributed by atoms with E-state index in [1.807, 2.05) is 40.8 Å². The monoisotopic (exact) mass is 353 g/mol. The van der Waals surface area contributed by atoms with Crippen LogP contribution in [0.1, 0.15) is 23.2 Å². The topological polar surface area (TPSA) is 56.5 Å². The molecule has 4 rings (SSSR count). The molecule has 136 valence electrons. The standard InChI is InChI=1S/C20H23N3O3/c1-21-16-8-4-3-7-14(16)17-15(19(24)22-9-5-6-10-22)13-23(11-12-26-2)20(25)18(17)21/h3-4,7-8,13H,5-6,9-12H2,1-2H3. The summed E-state index contributed by atoms with van der Waals surface area (Å²) in [5.74, 6) is 0.00928. The molecule has 26 heavy (non-hydrogen) atoms. The molecule has 0 N–H and O–H groups in total. The fourth-order valence-corrected chi connectivity index (χ4v) is 3.94. The van der Waals surface area contributed by atoms with Crippen LogP contribution >= 0.6 is 0 Å². The number of para-hydroxylation sites is 1. The third kappa shape index (κ3) is 2.52. The smallest absolute Gasteiger partial charge is 0.275 e. The predicted octanol–water partition coefficient (Wildman–Crippen LogP) is 2.38. The number of amides is 1. The molecule has 3 heterocycles. The Balaban J connectivity index is 2.04. The minimum Gasteiger partial charge on any atom is -0.383 e. The van der Waals surface area contributed by atoms with Crippen molar-refractivity contribution in [3.05, 3.63) is 46.4 Å². The SMILES string of the molecule is COCCn1cc(C(=O)N2CCCC2)c2c3ccccc3n(C)c2c1=O. The molecule has 0 saturated carbocycles. The highest BCUT2D eigenvalue weighted by Gasteiger charge is 2.25. The van der Waals surface area contributed by atoms with Crippen LogP contribution in [0.3, 0.4) is 0 Å². The molecule has 0 aliphatic carbocycles. The molecular formula is C20H23N3O3. The summed E-state index contributed by atoms with van der Waals surface area (Å²) in [5, 5.41) is 1.71. The van der Waals surface area contributed by atoms with Crippen molar-refractivity contribution < 1.29 is 9.53 Å². The van der Waals surface area contributed by atoms with Crippen LogP contribution in [0.4, 0.5) is 0 Å². The Morgan fingerprint density at radius 3 is 2.65 bits per heavy atom. The van der Waals surface area contributed by atoms with Crippen molar-refractivity contribution in [1.82, 2.24) is 14.0 Å². The molecule has 0 bridgehead atoms. The first-order valence-electron chi connectivity index (χ1n) is 9.02. The lowest BCUT2D eigenvalue weighted by Gasteiger charge is -2.17. The van der Waals surface area contributed by atoms with E-state index in [0.717, 1.165) is 42.2 Å². The van der Waals surface area contributed by atoms with Crippen LogP contribution < -0.4 is 5.56 Å². The summed E-state index contributed by atoms with van der Waals surface area (Å²) in [6.45, 7) is 2.41. The van der Waals surface area contributed by atoms with Crippen molar-refractivity contribution in [3.8, 4) is 0 Å². The van der Waals surface area contributed by atoms with E-state index in [2.05, 4.69) is 0 Å². The van der Waals surface area contributed by atoms with Gasteiger partial charge in [-0.15, -0.1) is 0 Å². The molecule has 6 nitrogen and oxygen atoms in total. The number of fused-ring (bicyclic) bond motifs is 3. The number of hydrogen-bond acceptors (Lipinski definition) is 3. The van der Waals surface area contributed by atoms with E-state index in [1.165, 1.54) is 0 Å². The number of aryl methyl sites for hydroxylation is 1. The van der Waals surface area contributed by atoms with E-state index in [0.29, 0.717) is 24.2 Å². The summed E-state index contributed by atoms with van der Waals surface area (Å²) < 4.78 is 8.65. The number of methoxy groups -OCH3 is 1. The first-order chi connectivity index (χ1) is 12.6. The van der Waals surface area contributed by atoms with Gasteiger partial charge in [0.2, 0.25) is 0 Å². The van der Waals surface area contributed by atoms with E-state index in [-0.39, 0.29) is 11.5 Å². The maximum atomic E-state index is 13.2. The number of aromatic nitrogens is 2. The maximum Gasteiger partial charge on any atom is 0.275 e. The normalized spacial score (nSPS) is 14.6. The van der Waals surface area contributed by atoms with Crippen LogP contribution in [0, 0.1) is 0 Å². The highest BCUT2D eigenvalue weighted by molar-refractivity contribution is 6.17. The van der Waals surface area contributed by atoms with E-state index in [1.54, 1.807) is 17.9 Å². The summed E-state index contributed by atoms with van der Waals surface area (Å²) in [6, 6.07) is 7.87. The molecule has 1 amide bonds. The molecule has 1 aromatic carbocycles. The van der Waals surface area contributed by atoms with Gasteiger partial charge >= 0.3 is 0 Å². The van der Waals surface area contributed by atoms with Gasteiger partial charge in [0, 0.05) is 56.3 Å². The Kier molecular flexibility index (Phi) is 4.28. The van der Waals surface area contributed by atoms with E-state index < -0.39 is 0 Å². The average molecular weight is 353 g/mol. The Labute approximate surface area is 151 Å². The van der Waals surface area contributed by atoms with Crippen molar-refractivity contribution in [1.29, 1.82) is 0 Å². The number of likely N-dealkylation sites (tertiary alicyclic amines) is 1. The summed E-state index contributed by atoms with van der Waals surface area (Å²) in [6.07, 6.45) is 3.79. The largest absolute Gasteiger partial charge is 0.383 e. The van der Waals surface area contributed by atoms with Crippen molar-refractivity contribution in [3.63, 3.8) is 0 Å². The average Bonchev–Trinajstić information content (AvgIpc) is 3.29. The third-order valence-electron chi connectivity index (χ3n) is 5.28. The lowest BCUT2D eigenvalue weighted by Crippen LogP contribution is -2.31. The zero-order valence-corrected chi connectivity index (χ0v) is 15.2.